The molecule has 0 bridgehead atoms. The van der Waals surface area contributed by atoms with Gasteiger partial charge in [-0.05, 0) is 6.42 Å². The van der Waals surface area contributed by atoms with Crippen molar-refractivity contribution in [2.75, 3.05) is 37.7 Å². The Bertz CT molecular complexity index is 685. The van der Waals surface area contributed by atoms with Crippen molar-refractivity contribution in [2.45, 2.75) is 13.3 Å². The lowest BCUT2D eigenvalue weighted by Gasteiger charge is -2.28. The molecule has 1 aliphatic heterocycles. The average Bonchev–Trinajstić information content (AvgIpc) is 2.67. The number of benzene rings is 1. The Balaban J connectivity index is 1.97. The van der Waals surface area contributed by atoms with Crippen molar-refractivity contribution in [1.82, 2.24) is 15.3 Å². The van der Waals surface area contributed by atoms with E-state index in [9.17, 15) is 4.79 Å². The van der Waals surface area contributed by atoms with E-state index in [1.165, 1.54) is 0 Å². The first-order valence-electron chi connectivity index (χ1n) is 8.33. The Morgan fingerprint density at radius 2 is 1.96 bits per heavy atom. The molecular formula is C18H22N4O2. The summed E-state index contributed by atoms with van der Waals surface area (Å²) in [5.41, 5.74) is 1.30. The molecule has 3 rings (SSSR count). The number of anilines is 1. The molecule has 1 fully saturated rings. The zero-order valence-electron chi connectivity index (χ0n) is 13.9. The summed E-state index contributed by atoms with van der Waals surface area (Å²) in [6.45, 7) is 5.53. The number of hydrogen-bond acceptors (Lipinski definition) is 5. The number of hydrogen-bond donors (Lipinski definition) is 1. The fraction of sp³-hybridized carbons (Fsp3) is 0.389. The van der Waals surface area contributed by atoms with Gasteiger partial charge in [0, 0.05) is 31.3 Å². The summed E-state index contributed by atoms with van der Waals surface area (Å²) in [6.07, 6.45) is 0.888. The molecule has 1 aliphatic rings. The van der Waals surface area contributed by atoms with Crippen LogP contribution in [0.4, 0.5) is 5.82 Å². The molecule has 1 saturated heterocycles. The van der Waals surface area contributed by atoms with Crippen LogP contribution >= 0.6 is 0 Å². The molecule has 2 heterocycles. The number of aromatic nitrogens is 2. The molecule has 0 unspecified atom stereocenters. The first-order valence-corrected chi connectivity index (χ1v) is 8.33. The van der Waals surface area contributed by atoms with Crippen LogP contribution in [0.15, 0.2) is 36.4 Å². The second-order valence-electron chi connectivity index (χ2n) is 5.66. The monoisotopic (exact) mass is 326 g/mol. The highest BCUT2D eigenvalue weighted by molar-refractivity contribution is 5.93. The highest BCUT2D eigenvalue weighted by Crippen LogP contribution is 2.21. The summed E-state index contributed by atoms with van der Waals surface area (Å²) in [5.74, 6) is 1.18. The molecule has 2 aromatic rings. The average molecular weight is 326 g/mol. The predicted octanol–water partition coefficient (Wildman–Crippen LogP) is 2.12. The molecule has 0 atom stereocenters. The van der Waals surface area contributed by atoms with Crippen LogP contribution in [-0.4, -0.2) is 48.7 Å². The Morgan fingerprint density at radius 1 is 1.21 bits per heavy atom. The van der Waals surface area contributed by atoms with Crippen molar-refractivity contribution in [1.29, 1.82) is 0 Å². The van der Waals surface area contributed by atoms with Gasteiger partial charge in [0.05, 0.1) is 13.2 Å². The number of nitrogens with zero attached hydrogens (tertiary/aromatic N) is 3. The summed E-state index contributed by atoms with van der Waals surface area (Å²) in [5, 5.41) is 2.89. The van der Waals surface area contributed by atoms with Gasteiger partial charge in [0.2, 0.25) is 0 Å². The van der Waals surface area contributed by atoms with Gasteiger partial charge in [-0.3, -0.25) is 4.79 Å². The first kappa shape index (κ1) is 16.4. The van der Waals surface area contributed by atoms with Gasteiger partial charge in [-0.15, -0.1) is 0 Å². The summed E-state index contributed by atoms with van der Waals surface area (Å²) >= 11 is 0. The summed E-state index contributed by atoms with van der Waals surface area (Å²) < 4.78 is 5.40. The number of carbonyl (C=O) groups is 1. The lowest BCUT2D eigenvalue weighted by Crippen LogP contribution is -2.37. The van der Waals surface area contributed by atoms with Crippen molar-refractivity contribution in [3.63, 3.8) is 0 Å². The van der Waals surface area contributed by atoms with E-state index in [1.54, 1.807) is 6.07 Å². The van der Waals surface area contributed by atoms with Crippen LogP contribution in [0.2, 0.25) is 0 Å². The number of morpholine rings is 1. The Labute approximate surface area is 141 Å². The van der Waals surface area contributed by atoms with Gasteiger partial charge >= 0.3 is 0 Å². The van der Waals surface area contributed by atoms with Crippen LogP contribution in [0.3, 0.4) is 0 Å². The van der Waals surface area contributed by atoms with Gasteiger partial charge in [0.25, 0.3) is 5.91 Å². The summed E-state index contributed by atoms with van der Waals surface area (Å²) in [4.78, 5) is 23.7. The Hall–Kier alpha value is -2.47. The maximum atomic E-state index is 12.4. The zero-order chi connectivity index (χ0) is 16.8. The van der Waals surface area contributed by atoms with Gasteiger partial charge in [0.1, 0.15) is 11.5 Å². The van der Waals surface area contributed by atoms with E-state index in [-0.39, 0.29) is 5.91 Å². The van der Waals surface area contributed by atoms with E-state index in [0.29, 0.717) is 31.3 Å². The summed E-state index contributed by atoms with van der Waals surface area (Å²) in [7, 11) is 0. The standard InChI is InChI=1S/C18H22N4O2/c1-2-8-19-18(23)15-13-16(22-9-11-24-12-10-22)21-17(20-15)14-6-4-3-5-7-14/h3-7,13H,2,8-12H2,1H3,(H,19,23). The molecule has 6 heteroatoms. The van der Waals surface area contributed by atoms with Gasteiger partial charge < -0.3 is 15.0 Å². The fourth-order valence-electron chi connectivity index (χ4n) is 2.55. The maximum Gasteiger partial charge on any atom is 0.270 e. The topological polar surface area (TPSA) is 67.4 Å². The van der Waals surface area contributed by atoms with E-state index in [2.05, 4.69) is 20.2 Å². The molecule has 1 N–H and O–H groups in total. The van der Waals surface area contributed by atoms with Crippen molar-refractivity contribution in [3.8, 4) is 11.4 Å². The van der Waals surface area contributed by atoms with E-state index in [4.69, 9.17) is 4.74 Å². The molecule has 1 amide bonds. The van der Waals surface area contributed by atoms with E-state index < -0.39 is 0 Å². The smallest absolute Gasteiger partial charge is 0.270 e. The van der Waals surface area contributed by atoms with Gasteiger partial charge in [-0.25, -0.2) is 9.97 Å². The molecule has 6 nitrogen and oxygen atoms in total. The summed E-state index contributed by atoms with van der Waals surface area (Å²) in [6, 6.07) is 11.5. The minimum absolute atomic E-state index is 0.161. The lowest BCUT2D eigenvalue weighted by molar-refractivity contribution is 0.0948. The highest BCUT2D eigenvalue weighted by Gasteiger charge is 2.18. The minimum Gasteiger partial charge on any atom is -0.378 e. The number of nitrogens with one attached hydrogen (secondary N) is 1. The Kier molecular flexibility index (Phi) is 5.38. The molecule has 1 aromatic heterocycles. The van der Waals surface area contributed by atoms with E-state index in [0.717, 1.165) is 30.9 Å². The SMILES string of the molecule is CCCNC(=O)c1cc(N2CCOCC2)nc(-c2ccccc2)n1. The van der Waals surface area contributed by atoms with E-state index in [1.807, 2.05) is 37.3 Å². The van der Waals surface area contributed by atoms with Gasteiger partial charge in [-0.2, -0.15) is 0 Å². The first-order chi connectivity index (χ1) is 11.8. The molecule has 0 radical (unpaired) electrons. The van der Waals surface area contributed by atoms with Crippen LogP contribution in [-0.2, 0) is 4.74 Å². The van der Waals surface area contributed by atoms with Crippen LogP contribution < -0.4 is 10.2 Å². The van der Waals surface area contributed by atoms with Crippen LogP contribution in [0.25, 0.3) is 11.4 Å². The fourth-order valence-corrected chi connectivity index (χ4v) is 2.55. The van der Waals surface area contributed by atoms with Crippen LogP contribution in [0.1, 0.15) is 23.8 Å². The molecule has 24 heavy (non-hydrogen) atoms. The second-order valence-corrected chi connectivity index (χ2v) is 5.66. The molecule has 0 spiro atoms. The second kappa shape index (κ2) is 7.88. The third kappa shape index (κ3) is 3.89. The molecular weight excluding hydrogens is 304 g/mol. The number of carbonyl (C=O) groups excluding carboxylic acids is 1. The number of rotatable bonds is 5. The lowest BCUT2D eigenvalue weighted by atomic mass is 10.2. The van der Waals surface area contributed by atoms with Crippen molar-refractivity contribution in [3.05, 3.63) is 42.1 Å². The van der Waals surface area contributed by atoms with Crippen molar-refractivity contribution >= 4 is 11.7 Å². The van der Waals surface area contributed by atoms with Crippen molar-refractivity contribution in [2.24, 2.45) is 0 Å². The van der Waals surface area contributed by atoms with Gasteiger partial charge in [-0.1, -0.05) is 37.3 Å². The van der Waals surface area contributed by atoms with Crippen LogP contribution in [0, 0.1) is 0 Å². The third-order valence-electron chi connectivity index (χ3n) is 3.85. The van der Waals surface area contributed by atoms with Crippen molar-refractivity contribution < 1.29 is 9.53 Å². The highest BCUT2D eigenvalue weighted by atomic mass is 16.5. The molecule has 126 valence electrons. The minimum atomic E-state index is -0.161. The Morgan fingerprint density at radius 3 is 2.67 bits per heavy atom. The normalized spacial score (nSPS) is 14.5. The number of ether oxygens (including phenoxy) is 1. The third-order valence-corrected chi connectivity index (χ3v) is 3.85. The predicted molar refractivity (Wildman–Crippen MR) is 93.1 cm³/mol. The van der Waals surface area contributed by atoms with Gasteiger partial charge in [0.15, 0.2) is 5.82 Å². The van der Waals surface area contributed by atoms with E-state index >= 15 is 0 Å². The molecule has 1 aromatic carbocycles. The van der Waals surface area contributed by atoms with Crippen LogP contribution in [0.5, 0.6) is 0 Å². The largest absolute Gasteiger partial charge is 0.378 e. The zero-order valence-corrected chi connectivity index (χ0v) is 13.9. The molecule has 0 aliphatic carbocycles. The number of amides is 1. The quantitative estimate of drug-likeness (QED) is 0.911. The molecule has 0 saturated carbocycles. The maximum absolute atomic E-state index is 12.4.